The molecule has 8 heteroatoms. The maximum Gasteiger partial charge on any atom is 0.334 e. The molecule has 0 heterocycles. The van der Waals surface area contributed by atoms with Gasteiger partial charge < -0.3 is 9.05 Å². The molecule has 0 amide bonds. The second-order valence-corrected chi connectivity index (χ2v) is 11.4. The van der Waals surface area contributed by atoms with Gasteiger partial charge in [0.25, 0.3) is 10.1 Å². The van der Waals surface area contributed by atoms with E-state index in [1.54, 1.807) is 13.8 Å². The van der Waals surface area contributed by atoms with Crippen LogP contribution in [0.2, 0.25) is 0 Å². The Balaban J connectivity index is 1.76. The minimum atomic E-state index is -4.34. The molecule has 3 aromatic carbocycles. The van der Waals surface area contributed by atoms with Gasteiger partial charge in [-0.15, -0.1) is 0 Å². The molecule has 0 spiro atoms. The van der Waals surface area contributed by atoms with Crippen LogP contribution < -0.4 is 0 Å². The van der Waals surface area contributed by atoms with Crippen molar-refractivity contribution in [3.8, 4) is 11.1 Å². The molecule has 3 aromatic rings. The third kappa shape index (κ3) is 6.50. The number of benzene rings is 3. The minimum absolute atomic E-state index is 0.125. The highest BCUT2D eigenvalue weighted by molar-refractivity contribution is 7.86. The van der Waals surface area contributed by atoms with E-state index < -0.39 is 29.1 Å². The van der Waals surface area contributed by atoms with E-state index in [-0.39, 0.29) is 19.6 Å². The summed E-state index contributed by atoms with van der Waals surface area (Å²) in [4.78, 5) is 0. The molecule has 0 aromatic heterocycles. The van der Waals surface area contributed by atoms with Crippen molar-refractivity contribution in [2.75, 3.05) is 19.0 Å². The summed E-state index contributed by atoms with van der Waals surface area (Å²) in [6.45, 7) is 3.59. The number of hydrogen-bond acceptors (Lipinski definition) is 5. The van der Waals surface area contributed by atoms with Crippen molar-refractivity contribution < 1.29 is 26.6 Å². The average molecular weight is 477 g/mol. The molecule has 1 atom stereocenters. The molecule has 0 saturated heterocycles. The lowest BCUT2D eigenvalue weighted by Crippen LogP contribution is -2.24. The van der Waals surface area contributed by atoms with Crippen LogP contribution in [0.4, 0.5) is 0 Å². The van der Waals surface area contributed by atoms with E-state index in [1.807, 2.05) is 36.4 Å². The third-order valence-corrected chi connectivity index (χ3v) is 8.91. The van der Waals surface area contributed by atoms with Crippen molar-refractivity contribution in [2.24, 2.45) is 0 Å². The first-order chi connectivity index (χ1) is 15.2. The largest absolute Gasteiger partial charge is 0.334 e. The topological polar surface area (TPSA) is 89.9 Å². The van der Waals surface area contributed by atoms with Gasteiger partial charge >= 0.3 is 7.60 Å². The van der Waals surface area contributed by atoms with Gasteiger partial charge in [0.15, 0.2) is 0 Å². The van der Waals surface area contributed by atoms with Gasteiger partial charge in [0.05, 0.1) is 24.6 Å². The fourth-order valence-electron chi connectivity index (χ4n) is 3.75. The zero-order valence-corrected chi connectivity index (χ0v) is 20.0. The van der Waals surface area contributed by atoms with Gasteiger partial charge in [0.1, 0.15) is 0 Å². The van der Waals surface area contributed by atoms with Gasteiger partial charge in [-0.1, -0.05) is 60.7 Å². The van der Waals surface area contributed by atoms with Gasteiger partial charge in [0.2, 0.25) is 0 Å². The van der Waals surface area contributed by atoms with Crippen molar-refractivity contribution in [2.45, 2.75) is 32.3 Å². The van der Waals surface area contributed by atoms with Gasteiger partial charge in [-0.25, -0.2) is 0 Å². The summed E-state index contributed by atoms with van der Waals surface area (Å²) in [7, 11) is -8.02. The normalized spacial score (nSPS) is 13.3. The average Bonchev–Trinajstić information content (AvgIpc) is 2.76. The van der Waals surface area contributed by atoms with Gasteiger partial charge in [-0.2, -0.15) is 8.42 Å². The van der Waals surface area contributed by atoms with Crippen LogP contribution >= 0.6 is 7.60 Å². The van der Waals surface area contributed by atoms with Crippen LogP contribution in [0.3, 0.4) is 0 Å². The Morgan fingerprint density at radius 3 is 2.06 bits per heavy atom. The Bertz CT molecular complexity index is 1180. The lowest BCUT2D eigenvalue weighted by atomic mass is 9.99. The van der Waals surface area contributed by atoms with Crippen LogP contribution in [0.5, 0.6) is 0 Å². The molecule has 3 rings (SSSR count). The molecule has 0 aliphatic heterocycles. The van der Waals surface area contributed by atoms with Gasteiger partial charge in [-0.05, 0) is 60.2 Å². The Morgan fingerprint density at radius 1 is 0.875 bits per heavy atom. The van der Waals surface area contributed by atoms with Gasteiger partial charge in [-0.3, -0.25) is 9.12 Å². The van der Waals surface area contributed by atoms with Crippen LogP contribution in [0.25, 0.3) is 21.9 Å². The first-order valence-electron chi connectivity index (χ1n) is 10.7. The Kier molecular flexibility index (Phi) is 8.26. The summed E-state index contributed by atoms with van der Waals surface area (Å²) in [5.74, 6) is -0.667. The molecule has 32 heavy (non-hydrogen) atoms. The van der Waals surface area contributed by atoms with E-state index in [0.717, 1.165) is 16.7 Å². The second-order valence-electron chi connectivity index (χ2n) is 7.58. The lowest BCUT2D eigenvalue weighted by Gasteiger charge is -2.25. The zero-order valence-electron chi connectivity index (χ0n) is 18.3. The van der Waals surface area contributed by atoms with Crippen LogP contribution in [-0.2, 0) is 30.2 Å². The highest BCUT2D eigenvalue weighted by Crippen LogP contribution is 2.54. The van der Waals surface area contributed by atoms with E-state index in [9.17, 15) is 17.5 Å². The minimum Gasteiger partial charge on any atom is -0.309 e. The molecule has 0 radical (unpaired) electrons. The summed E-state index contributed by atoms with van der Waals surface area (Å²) in [5.41, 5.74) is 2.20. The summed E-state index contributed by atoms with van der Waals surface area (Å²) < 4.78 is 56.2. The predicted molar refractivity (Wildman–Crippen MR) is 129 cm³/mol. The van der Waals surface area contributed by atoms with E-state index >= 15 is 0 Å². The molecule has 0 aliphatic rings. The summed E-state index contributed by atoms with van der Waals surface area (Å²) >= 11 is 0. The fraction of sp³-hybridized carbons (Fsp3) is 0.333. The lowest BCUT2D eigenvalue weighted by molar-refractivity contribution is 0.212. The smallest absolute Gasteiger partial charge is 0.309 e. The molecule has 6 nitrogen and oxygen atoms in total. The Labute approximate surface area is 189 Å². The molecule has 1 unspecified atom stereocenters. The highest BCUT2D eigenvalue weighted by Gasteiger charge is 2.38. The predicted octanol–water partition coefficient (Wildman–Crippen LogP) is 5.96. The number of rotatable bonds is 11. The number of aryl methyl sites for hydroxylation is 1. The number of fused-ring (bicyclic) bond motifs is 1. The molecular formula is C24H29O6PS. The Morgan fingerprint density at radius 2 is 1.47 bits per heavy atom. The standard InChI is InChI=1S/C24H29O6PS/c1-3-29-31(25,30-4-2)24(18-32(26,27)28)16-11-19-9-12-21(13-10-19)23-15-14-20-7-5-6-8-22(20)17-23/h5-10,12-15,17,24H,3-4,11,16,18H2,1-2H3,(H,26,27,28). The van der Waals surface area contributed by atoms with Crippen molar-refractivity contribution in [1.29, 1.82) is 0 Å². The maximum absolute atomic E-state index is 13.1. The molecule has 172 valence electrons. The zero-order chi connectivity index (χ0) is 23.2. The molecule has 1 N–H and O–H groups in total. The van der Waals surface area contributed by atoms with Gasteiger partial charge in [0, 0.05) is 0 Å². The van der Waals surface area contributed by atoms with Crippen LogP contribution in [0.15, 0.2) is 66.7 Å². The van der Waals surface area contributed by atoms with Crippen molar-refractivity contribution in [3.05, 3.63) is 72.3 Å². The molecule has 0 saturated carbocycles. The highest BCUT2D eigenvalue weighted by atomic mass is 32.2. The van der Waals surface area contributed by atoms with Crippen LogP contribution in [0, 0.1) is 0 Å². The summed E-state index contributed by atoms with van der Waals surface area (Å²) in [5, 5.41) is 2.36. The monoisotopic (exact) mass is 476 g/mol. The van der Waals surface area contributed by atoms with Crippen molar-refractivity contribution in [1.82, 2.24) is 0 Å². The molecule has 0 bridgehead atoms. The quantitative estimate of drug-likeness (QED) is 0.271. The van der Waals surface area contributed by atoms with Crippen molar-refractivity contribution >= 4 is 28.5 Å². The van der Waals surface area contributed by atoms with Crippen LogP contribution in [0.1, 0.15) is 25.8 Å². The SMILES string of the molecule is CCOP(=O)(OCC)C(CCc1ccc(-c2ccc3ccccc3c2)cc1)CS(=O)(=O)O. The molecule has 0 aliphatic carbocycles. The fourth-order valence-corrected chi connectivity index (χ4v) is 7.36. The Hall–Kier alpha value is -2.02. The molecular weight excluding hydrogens is 447 g/mol. The van der Waals surface area contributed by atoms with E-state index in [4.69, 9.17) is 9.05 Å². The van der Waals surface area contributed by atoms with E-state index in [2.05, 4.69) is 30.3 Å². The summed E-state index contributed by atoms with van der Waals surface area (Å²) in [6, 6.07) is 22.5. The second kappa shape index (κ2) is 10.7. The summed E-state index contributed by atoms with van der Waals surface area (Å²) in [6.07, 6.45) is 0.717. The molecule has 0 fully saturated rings. The van der Waals surface area contributed by atoms with Crippen LogP contribution in [-0.4, -0.2) is 37.6 Å². The van der Waals surface area contributed by atoms with E-state index in [1.165, 1.54) is 10.8 Å². The third-order valence-electron chi connectivity index (χ3n) is 5.27. The number of hydrogen-bond donors (Lipinski definition) is 1. The van der Waals surface area contributed by atoms with E-state index in [0.29, 0.717) is 6.42 Å². The van der Waals surface area contributed by atoms with Crippen molar-refractivity contribution in [3.63, 3.8) is 0 Å². The first kappa shape index (κ1) is 24.6. The first-order valence-corrected chi connectivity index (χ1v) is 13.9. The maximum atomic E-state index is 13.1.